The SMILES string of the molecule is CCCCCc1ccc(-c2cc3cn([C@H]4C[C@H](O)[C@@H](CO)O4)c(=O)nc3o2)cn1. The van der Waals surface area contributed by atoms with Crippen molar-refractivity contribution in [3.05, 3.63) is 46.8 Å². The number of hydrogen-bond donors (Lipinski definition) is 2. The highest BCUT2D eigenvalue weighted by atomic mass is 16.5. The van der Waals surface area contributed by atoms with E-state index in [-0.39, 0.29) is 18.7 Å². The predicted octanol–water partition coefficient (Wildman–Crippen LogP) is 2.42. The first-order valence-corrected chi connectivity index (χ1v) is 10.0. The van der Waals surface area contributed by atoms with Gasteiger partial charge in [-0.15, -0.1) is 0 Å². The fraction of sp³-hybridized carbons (Fsp3) is 0.476. The van der Waals surface area contributed by atoms with E-state index in [1.54, 1.807) is 18.5 Å². The topological polar surface area (TPSA) is 111 Å². The number of aliphatic hydroxyl groups is 2. The second-order valence-electron chi connectivity index (χ2n) is 7.41. The highest BCUT2D eigenvalue weighted by molar-refractivity contribution is 5.78. The van der Waals surface area contributed by atoms with Gasteiger partial charge in [0, 0.05) is 30.1 Å². The fourth-order valence-electron chi connectivity index (χ4n) is 3.60. The fourth-order valence-corrected chi connectivity index (χ4v) is 3.60. The molecule has 3 atom stereocenters. The quantitative estimate of drug-likeness (QED) is 0.587. The number of hydrogen-bond acceptors (Lipinski definition) is 7. The van der Waals surface area contributed by atoms with E-state index >= 15 is 0 Å². The van der Waals surface area contributed by atoms with Crippen LogP contribution < -0.4 is 5.69 Å². The van der Waals surface area contributed by atoms with Crippen LogP contribution in [0.25, 0.3) is 22.4 Å². The lowest BCUT2D eigenvalue weighted by Gasteiger charge is -2.13. The molecule has 0 amide bonds. The van der Waals surface area contributed by atoms with Gasteiger partial charge in [-0.3, -0.25) is 9.55 Å². The Kier molecular flexibility index (Phi) is 5.75. The molecular formula is C21H25N3O5. The molecule has 29 heavy (non-hydrogen) atoms. The number of nitrogens with zero attached hydrogens (tertiary/aromatic N) is 3. The van der Waals surface area contributed by atoms with Gasteiger partial charge in [0.1, 0.15) is 18.1 Å². The Morgan fingerprint density at radius 1 is 1.31 bits per heavy atom. The Labute approximate surface area is 167 Å². The van der Waals surface area contributed by atoms with E-state index in [4.69, 9.17) is 9.15 Å². The van der Waals surface area contributed by atoms with Crippen LogP contribution in [0.5, 0.6) is 0 Å². The van der Waals surface area contributed by atoms with E-state index in [0.29, 0.717) is 11.1 Å². The zero-order valence-corrected chi connectivity index (χ0v) is 16.3. The van der Waals surface area contributed by atoms with Gasteiger partial charge in [0.2, 0.25) is 5.71 Å². The summed E-state index contributed by atoms with van der Waals surface area (Å²) in [4.78, 5) is 20.9. The number of furan rings is 1. The summed E-state index contributed by atoms with van der Waals surface area (Å²) in [6.07, 6.45) is 5.85. The minimum absolute atomic E-state index is 0.215. The van der Waals surface area contributed by atoms with Crippen molar-refractivity contribution in [3.63, 3.8) is 0 Å². The van der Waals surface area contributed by atoms with Crippen LogP contribution in [-0.4, -0.2) is 43.6 Å². The van der Waals surface area contributed by atoms with Gasteiger partial charge >= 0.3 is 5.69 Å². The van der Waals surface area contributed by atoms with Crippen LogP contribution in [0.3, 0.4) is 0 Å². The third-order valence-corrected chi connectivity index (χ3v) is 5.28. The van der Waals surface area contributed by atoms with Gasteiger partial charge in [-0.25, -0.2) is 4.79 Å². The lowest BCUT2D eigenvalue weighted by molar-refractivity contribution is -0.0457. The summed E-state index contributed by atoms with van der Waals surface area (Å²) >= 11 is 0. The Hall–Kier alpha value is -2.55. The van der Waals surface area contributed by atoms with Crippen molar-refractivity contribution < 1.29 is 19.4 Å². The second-order valence-corrected chi connectivity index (χ2v) is 7.41. The molecule has 2 N–H and O–H groups in total. The molecule has 4 rings (SSSR count). The molecule has 0 aromatic carbocycles. The summed E-state index contributed by atoms with van der Waals surface area (Å²) in [6, 6.07) is 5.76. The van der Waals surface area contributed by atoms with Crippen LogP contribution in [0.2, 0.25) is 0 Å². The first kappa shape index (κ1) is 19.8. The maximum absolute atomic E-state index is 12.4. The first-order chi connectivity index (χ1) is 14.1. The zero-order valence-electron chi connectivity index (χ0n) is 16.3. The van der Waals surface area contributed by atoms with Crippen molar-refractivity contribution in [2.45, 2.75) is 57.5 Å². The van der Waals surface area contributed by atoms with Gasteiger partial charge in [-0.2, -0.15) is 4.98 Å². The number of aryl methyl sites for hydroxylation is 1. The molecule has 3 aromatic heterocycles. The van der Waals surface area contributed by atoms with E-state index < -0.39 is 24.1 Å². The minimum atomic E-state index is -0.825. The predicted molar refractivity (Wildman–Crippen MR) is 106 cm³/mol. The van der Waals surface area contributed by atoms with Crippen LogP contribution in [-0.2, 0) is 11.2 Å². The van der Waals surface area contributed by atoms with E-state index in [1.165, 1.54) is 17.4 Å². The first-order valence-electron chi connectivity index (χ1n) is 10.0. The number of unbranched alkanes of at least 4 members (excludes halogenated alkanes) is 2. The van der Waals surface area contributed by atoms with Gasteiger partial charge in [0.25, 0.3) is 0 Å². The molecule has 1 fully saturated rings. The number of ether oxygens (including phenoxy) is 1. The summed E-state index contributed by atoms with van der Waals surface area (Å²) in [7, 11) is 0. The van der Waals surface area contributed by atoms with Crippen molar-refractivity contribution in [1.29, 1.82) is 0 Å². The average Bonchev–Trinajstić information content (AvgIpc) is 3.30. The number of pyridine rings is 1. The maximum Gasteiger partial charge on any atom is 0.353 e. The molecule has 154 valence electrons. The largest absolute Gasteiger partial charge is 0.437 e. The highest BCUT2D eigenvalue weighted by Gasteiger charge is 2.35. The monoisotopic (exact) mass is 399 g/mol. The molecule has 4 heterocycles. The molecule has 0 bridgehead atoms. The smallest absolute Gasteiger partial charge is 0.353 e. The van der Waals surface area contributed by atoms with Gasteiger partial charge < -0.3 is 19.4 Å². The zero-order chi connectivity index (χ0) is 20.4. The van der Waals surface area contributed by atoms with Gasteiger partial charge in [0.15, 0.2) is 0 Å². The van der Waals surface area contributed by atoms with Crippen LogP contribution >= 0.6 is 0 Å². The lowest BCUT2D eigenvalue weighted by Crippen LogP contribution is -2.27. The van der Waals surface area contributed by atoms with E-state index in [2.05, 4.69) is 16.9 Å². The van der Waals surface area contributed by atoms with Gasteiger partial charge in [0.05, 0.1) is 18.1 Å². The molecule has 1 aliphatic rings. The van der Waals surface area contributed by atoms with Crippen molar-refractivity contribution in [3.8, 4) is 11.3 Å². The molecule has 1 aliphatic heterocycles. The third-order valence-electron chi connectivity index (χ3n) is 5.28. The van der Waals surface area contributed by atoms with E-state index in [9.17, 15) is 15.0 Å². The maximum atomic E-state index is 12.4. The molecule has 8 heteroatoms. The average molecular weight is 399 g/mol. The van der Waals surface area contributed by atoms with Crippen LogP contribution in [0, 0.1) is 0 Å². The molecule has 1 saturated heterocycles. The van der Waals surface area contributed by atoms with Crippen LogP contribution in [0.1, 0.15) is 44.5 Å². The standard InChI is InChI=1S/C21H25N3O5/c1-2-3-4-5-15-7-6-13(10-22-15)17-8-14-11-24(21(27)23-20(14)29-17)19-9-16(26)18(12-25)28-19/h6-8,10-11,16,18-19,25-26H,2-5,9,12H2,1H3/t16-,18+,19+/m0/s1. The number of rotatable bonds is 7. The lowest BCUT2D eigenvalue weighted by atomic mass is 10.1. The number of aliphatic hydroxyl groups excluding tert-OH is 2. The van der Waals surface area contributed by atoms with Gasteiger partial charge in [-0.05, 0) is 31.0 Å². The third kappa shape index (κ3) is 4.10. The Morgan fingerprint density at radius 2 is 2.17 bits per heavy atom. The van der Waals surface area contributed by atoms with Crippen molar-refractivity contribution in [2.24, 2.45) is 0 Å². The molecule has 0 radical (unpaired) electrons. The summed E-state index contributed by atoms with van der Waals surface area (Å²) < 4.78 is 12.7. The van der Waals surface area contributed by atoms with Crippen LogP contribution in [0.4, 0.5) is 0 Å². The molecule has 8 nitrogen and oxygen atoms in total. The molecular weight excluding hydrogens is 374 g/mol. The van der Waals surface area contributed by atoms with Crippen molar-refractivity contribution >= 4 is 11.1 Å². The van der Waals surface area contributed by atoms with Crippen molar-refractivity contribution in [1.82, 2.24) is 14.5 Å². The molecule has 0 unspecified atom stereocenters. The number of fused-ring (bicyclic) bond motifs is 1. The normalized spacial score (nSPS) is 21.8. The highest BCUT2D eigenvalue weighted by Crippen LogP contribution is 2.30. The molecule has 0 aliphatic carbocycles. The number of aromatic nitrogens is 3. The summed E-state index contributed by atoms with van der Waals surface area (Å²) in [5.74, 6) is 0.581. The second kappa shape index (κ2) is 8.44. The molecule has 0 saturated carbocycles. The summed E-state index contributed by atoms with van der Waals surface area (Å²) in [5, 5.41) is 19.8. The van der Waals surface area contributed by atoms with E-state index in [1.807, 2.05) is 12.1 Å². The van der Waals surface area contributed by atoms with Crippen molar-refractivity contribution in [2.75, 3.05) is 6.61 Å². The summed E-state index contributed by atoms with van der Waals surface area (Å²) in [5.41, 5.74) is 1.57. The Morgan fingerprint density at radius 3 is 2.86 bits per heavy atom. The van der Waals surface area contributed by atoms with Gasteiger partial charge in [-0.1, -0.05) is 19.8 Å². The Bertz CT molecular complexity index is 1030. The van der Waals surface area contributed by atoms with E-state index in [0.717, 1.165) is 24.1 Å². The van der Waals surface area contributed by atoms with Crippen LogP contribution in [0.15, 0.2) is 39.8 Å². The minimum Gasteiger partial charge on any atom is -0.437 e. The summed E-state index contributed by atoms with van der Waals surface area (Å²) in [6.45, 7) is 1.87. The Balaban J connectivity index is 1.58. The molecule has 3 aromatic rings. The molecule has 0 spiro atoms.